The Labute approximate surface area is 153 Å². The second-order valence-electron chi connectivity index (χ2n) is 7.08. The van der Waals surface area contributed by atoms with Crippen molar-refractivity contribution in [1.82, 2.24) is 14.9 Å². The zero-order valence-corrected chi connectivity index (χ0v) is 14.7. The van der Waals surface area contributed by atoms with E-state index in [1.165, 1.54) is 12.0 Å². The van der Waals surface area contributed by atoms with Gasteiger partial charge in [0.15, 0.2) is 0 Å². The van der Waals surface area contributed by atoms with Gasteiger partial charge in [-0.25, -0.2) is 9.97 Å². The van der Waals surface area contributed by atoms with Crippen LogP contribution in [-0.2, 0) is 11.3 Å². The molecule has 2 saturated heterocycles. The molecule has 0 spiro atoms. The van der Waals surface area contributed by atoms with Crippen LogP contribution in [0.15, 0.2) is 42.7 Å². The van der Waals surface area contributed by atoms with Crippen LogP contribution < -0.4 is 5.32 Å². The molecule has 0 amide bonds. The maximum absolute atomic E-state index is 9.08. The Hall–Kier alpha value is -2.49. The highest BCUT2D eigenvalue weighted by molar-refractivity contribution is 5.32. The molecule has 1 aromatic carbocycles. The number of benzene rings is 1. The SMILES string of the molecule is N#Cc1cccc(CN2CC[C@H]3CO[C@H](CNc4ncccn4)[C@H]3C2)c1. The third-order valence-corrected chi connectivity index (χ3v) is 5.38. The van der Waals surface area contributed by atoms with Gasteiger partial charge in [0.25, 0.3) is 0 Å². The molecule has 3 atom stereocenters. The van der Waals surface area contributed by atoms with Crippen molar-refractivity contribution in [2.75, 3.05) is 31.6 Å². The van der Waals surface area contributed by atoms with Crippen LogP contribution >= 0.6 is 0 Å². The van der Waals surface area contributed by atoms with E-state index in [4.69, 9.17) is 10.00 Å². The van der Waals surface area contributed by atoms with Gasteiger partial charge in [-0.2, -0.15) is 5.26 Å². The highest BCUT2D eigenvalue weighted by atomic mass is 16.5. The third kappa shape index (κ3) is 3.85. The van der Waals surface area contributed by atoms with E-state index in [-0.39, 0.29) is 6.10 Å². The van der Waals surface area contributed by atoms with Gasteiger partial charge in [-0.05, 0) is 42.6 Å². The van der Waals surface area contributed by atoms with E-state index in [0.29, 0.717) is 17.8 Å². The van der Waals surface area contributed by atoms with Gasteiger partial charge >= 0.3 is 0 Å². The number of likely N-dealkylation sites (tertiary alicyclic amines) is 1. The molecule has 0 radical (unpaired) electrons. The van der Waals surface area contributed by atoms with Crippen molar-refractivity contribution in [3.63, 3.8) is 0 Å². The molecule has 1 aromatic heterocycles. The number of aromatic nitrogens is 2. The molecule has 1 N–H and O–H groups in total. The Morgan fingerprint density at radius 2 is 2.15 bits per heavy atom. The van der Waals surface area contributed by atoms with Crippen molar-refractivity contribution >= 4 is 5.95 Å². The van der Waals surface area contributed by atoms with Crippen molar-refractivity contribution in [2.45, 2.75) is 19.1 Å². The van der Waals surface area contributed by atoms with Gasteiger partial charge in [0.05, 0.1) is 24.3 Å². The molecule has 2 aliphatic rings. The van der Waals surface area contributed by atoms with Crippen molar-refractivity contribution in [3.05, 3.63) is 53.9 Å². The monoisotopic (exact) mass is 349 g/mol. The molecular weight excluding hydrogens is 326 g/mol. The number of ether oxygens (including phenoxy) is 1. The summed E-state index contributed by atoms with van der Waals surface area (Å²) >= 11 is 0. The fourth-order valence-corrected chi connectivity index (χ4v) is 4.03. The number of hydrogen-bond acceptors (Lipinski definition) is 6. The van der Waals surface area contributed by atoms with Crippen molar-refractivity contribution < 1.29 is 4.74 Å². The summed E-state index contributed by atoms with van der Waals surface area (Å²) in [4.78, 5) is 10.9. The first-order valence-electron chi connectivity index (χ1n) is 9.16. The second kappa shape index (κ2) is 7.81. The van der Waals surface area contributed by atoms with Gasteiger partial charge in [-0.15, -0.1) is 0 Å². The van der Waals surface area contributed by atoms with E-state index in [1.807, 2.05) is 24.3 Å². The molecule has 3 heterocycles. The van der Waals surface area contributed by atoms with Crippen LogP contribution in [0.25, 0.3) is 0 Å². The number of fused-ring (bicyclic) bond motifs is 1. The van der Waals surface area contributed by atoms with Crippen LogP contribution in [0.3, 0.4) is 0 Å². The largest absolute Gasteiger partial charge is 0.376 e. The van der Waals surface area contributed by atoms with E-state index in [9.17, 15) is 0 Å². The van der Waals surface area contributed by atoms with Crippen LogP contribution in [0.1, 0.15) is 17.5 Å². The molecule has 134 valence electrons. The molecular formula is C20H23N5O. The molecule has 6 heteroatoms. The highest BCUT2D eigenvalue weighted by Gasteiger charge is 2.40. The summed E-state index contributed by atoms with van der Waals surface area (Å²) in [5.74, 6) is 1.82. The fraction of sp³-hybridized carbons (Fsp3) is 0.450. The van der Waals surface area contributed by atoms with Crippen LogP contribution in [-0.4, -0.2) is 47.2 Å². The quantitative estimate of drug-likeness (QED) is 0.893. The summed E-state index contributed by atoms with van der Waals surface area (Å²) in [5.41, 5.74) is 1.93. The molecule has 6 nitrogen and oxygen atoms in total. The minimum Gasteiger partial charge on any atom is -0.376 e. The molecule has 2 aromatic rings. The van der Waals surface area contributed by atoms with E-state index >= 15 is 0 Å². The average molecular weight is 349 g/mol. The maximum atomic E-state index is 9.08. The summed E-state index contributed by atoms with van der Waals surface area (Å²) in [6.07, 6.45) is 4.84. The van der Waals surface area contributed by atoms with Gasteiger partial charge in [-0.3, -0.25) is 4.90 Å². The van der Waals surface area contributed by atoms with Crippen LogP contribution in [0.4, 0.5) is 5.95 Å². The summed E-state index contributed by atoms with van der Waals surface area (Å²) in [6.45, 7) is 4.60. The predicted molar refractivity (Wildman–Crippen MR) is 98.3 cm³/mol. The Kier molecular flexibility index (Phi) is 5.09. The lowest BCUT2D eigenvalue weighted by Gasteiger charge is -2.36. The molecule has 0 aliphatic carbocycles. The molecule has 0 unspecified atom stereocenters. The number of nitrogens with one attached hydrogen (secondary N) is 1. The van der Waals surface area contributed by atoms with E-state index in [1.54, 1.807) is 12.4 Å². The molecule has 0 saturated carbocycles. The van der Waals surface area contributed by atoms with Crippen LogP contribution in [0.5, 0.6) is 0 Å². The van der Waals surface area contributed by atoms with Gasteiger partial charge in [0.1, 0.15) is 0 Å². The first kappa shape index (κ1) is 17.0. The Balaban J connectivity index is 1.36. The van der Waals surface area contributed by atoms with E-state index in [0.717, 1.165) is 38.3 Å². The minimum atomic E-state index is 0.192. The summed E-state index contributed by atoms with van der Waals surface area (Å²) in [7, 11) is 0. The topological polar surface area (TPSA) is 74.1 Å². The number of nitrogens with zero attached hydrogens (tertiary/aromatic N) is 4. The normalized spacial score (nSPS) is 25.4. The Morgan fingerprint density at radius 3 is 3.00 bits per heavy atom. The highest BCUT2D eigenvalue weighted by Crippen LogP contribution is 2.34. The number of nitriles is 1. The predicted octanol–water partition coefficient (Wildman–Crippen LogP) is 2.30. The fourth-order valence-electron chi connectivity index (χ4n) is 4.03. The zero-order valence-electron chi connectivity index (χ0n) is 14.7. The van der Waals surface area contributed by atoms with Gasteiger partial charge in [0, 0.05) is 37.9 Å². The number of anilines is 1. The molecule has 2 aliphatic heterocycles. The summed E-state index contributed by atoms with van der Waals surface area (Å²) < 4.78 is 6.07. The Morgan fingerprint density at radius 1 is 1.27 bits per heavy atom. The van der Waals surface area contributed by atoms with E-state index in [2.05, 4.69) is 32.3 Å². The summed E-state index contributed by atoms with van der Waals surface area (Å²) in [6, 6.07) is 11.9. The summed E-state index contributed by atoms with van der Waals surface area (Å²) in [5, 5.41) is 12.4. The average Bonchev–Trinajstić information content (AvgIpc) is 3.09. The number of rotatable bonds is 5. The maximum Gasteiger partial charge on any atom is 0.222 e. The second-order valence-corrected chi connectivity index (χ2v) is 7.08. The lowest BCUT2D eigenvalue weighted by molar-refractivity contribution is 0.0831. The molecule has 4 rings (SSSR count). The van der Waals surface area contributed by atoms with Gasteiger partial charge in [-0.1, -0.05) is 12.1 Å². The minimum absolute atomic E-state index is 0.192. The zero-order chi connectivity index (χ0) is 17.8. The van der Waals surface area contributed by atoms with Crippen LogP contribution in [0.2, 0.25) is 0 Å². The number of hydrogen-bond donors (Lipinski definition) is 1. The van der Waals surface area contributed by atoms with Crippen molar-refractivity contribution in [1.29, 1.82) is 5.26 Å². The lowest BCUT2D eigenvalue weighted by Crippen LogP contribution is -2.43. The Bertz CT molecular complexity index is 775. The first-order valence-corrected chi connectivity index (χ1v) is 9.16. The van der Waals surface area contributed by atoms with Gasteiger partial charge < -0.3 is 10.1 Å². The lowest BCUT2D eigenvalue weighted by atomic mass is 9.84. The van der Waals surface area contributed by atoms with E-state index < -0.39 is 0 Å². The molecule has 0 bridgehead atoms. The van der Waals surface area contributed by atoms with Crippen LogP contribution in [0, 0.1) is 23.2 Å². The first-order chi connectivity index (χ1) is 12.8. The molecule has 26 heavy (non-hydrogen) atoms. The van der Waals surface area contributed by atoms with Crippen molar-refractivity contribution in [2.24, 2.45) is 11.8 Å². The third-order valence-electron chi connectivity index (χ3n) is 5.38. The molecule has 2 fully saturated rings. The standard InChI is InChI=1S/C20H23N5O/c21-10-15-3-1-4-16(9-15)12-25-8-5-17-14-26-19(18(17)13-25)11-24-20-22-6-2-7-23-20/h1-4,6-7,9,17-19H,5,8,11-14H2,(H,22,23,24)/t17-,18-,19+/m0/s1. The van der Waals surface area contributed by atoms with Gasteiger partial charge in [0.2, 0.25) is 5.95 Å². The number of piperidine rings is 1. The van der Waals surface area contributed by atoms with Crippen molar-refractivity contribution in [3.8, 4) is 6.07 Å². The smallest absolute Gasteiger partial charge is 0.222 e.